The van der Waals surface area contributed by atoms with Crippen LogP contribution in [0.2, 0.25) is 5.02 Å². The zero-order valence-corrected chi connectivity index (χ0v) is 11.7. The van der Waals surface area contributed by atoms with Gasteiger partial charge in [0, 0.05) is 5.33 Å². The van der Waals surface area contributed by atoms with E-state index in [1.54, 1.807) is 6.92 Å². The minimum atomic E-state index is -2.97. The molecule has 0 amide bonds. The summed E-state index contributed by atoms with van der Waals surface area (Å²) < 4.78 is 33.3. The lowest BCUT2D eigenvalue weighted by atomic mass is 10.1. The SMILES string of the molecule is CCOC(=O)c1cc(Cl)c(OC(F)F)cc1CBr. The van der Waals surface area contributed by atoms with Crippen LogP contribution in [-0.2, 0) is 10.1 Å². The van der Waals surface area contributed by atoms with Gasteiger partial charge in [-0.3, -0.25) is 0 Å². The standard InChI is InChI=1S/C11H10BrClF2O3/c1-2-17-10(16)7-4-8(13)9(18-11(14)15)3-6(7)5-12/h3-4,11H,2,5H2,1H3. The zero-order valence-electron chi connectivity index (χ0n) is 9.38. The first-order valence-corrected chi connectivity index (χ1v) is 6.49. The number of benzene rings is 1. The maximum Gasteiger partial charge on any atom is 0.387 e. The second-order valence-electron chi connectivity index (χ2n) is 3.17. The summed E-state index contributed by atoms with van der Waals surface area (Å²) in [5.74, 6) is -0.730. The van der Waals surface area contributed by atoms with Crippen molar-refractivity contribution in [2.24, 2.45) is 0 Å². The zero-order chi connectivity index (χ0) is 13.7. The molecule has 0 N–H and O–H groups in total. The lowest BCUT2D eigenvalue weighted by Crippen LogP contribution is -2.09. The van der Waals surface area contributed by atoms with Crippen LogP contribution in [0.5, 0.6) is 5.75 Å². The van der Waals surface area contributed by atoms with Crippen LogP contribution in [0.3, 0.4) is 0 Å². The molecule has 0 aromatic heterocycles. The molecule has 7 heteroatoms. The first kappa shape index (κ1) is 15.2. The molecule has 18 heavy (non-hydrogen) atoms. The van der Waals surface area contributed by atoms with Crippen LogP contribution in [-0.4, -0.2) is 19.2 Å². The molecular weight excluding hydrogens is 333 g/mol. The van der Waals surface area contributed by atoms with E-state index in [0.717, 1.165) is 0 Å². The number of hydrogen-bond acceptors (Lipinski definition) is 3. The van der Waals surface area contributed by atoms with Gasteiger partial charge in [-0.1, -0.05) is 27.5 Å². The molecular formula is C11H10BrClF2O3. The third-order valence-corrected chi connectivity index (χ3v) is 2.91. The van der Waals surface area contributed by atoms with Crippen molar-refractivity contribution in [3.05, 3.63) is 28.3 Å². The van der Waals surface area contributed by atoms with E-state index in [1.807, 2.05) is 0 Å². The Morgan fingerprint density at radius 2 is 2.17 bits per heavy atom. The molecule has 0 heterocycles. The highest BCUT2D eigenvalue weighted by Crippen LogP contribution is 2.31. The summed E-state index contributed by atoms with van der Waals surface area (Å²) in [7, 11) is 0. The molecule has 0 saturated heterocycles. The molecule has 0 unspecified atom stereocenters. The summed E-state index contributed by atoms with van der Waals surface area (Å²) >= 11 is 8.92. The molecule has 0 aliphatic carbocycles. The Balaban J connectivity index is 3.14. The van der Waals surface area contributed by atoms with E-state index in [0.29, 0.717) is 5.56 Å². The van der Waals surface area contributed by atoms with Crippen molar-refractivity contribution >= 4 is 33.5 Å². The van der Waals surface area contributed by atoms with Crippen molar-refractivity contribution < 1.29 is 23.0 Å². The molecule has 0 spiro atoms. The van der Waals surface area contributed by atoms with Gasteiger partial charge < -0.3 is 9.47 Å². The molecule has 1 rings (SSSR count). The number of ether oxygens (including phenoxy) is 2. The number of carbonyl (C=O) groups is 1. The normalized spacial score (nSPS) is 10.6. The van der Waals surface area contributed by atoms with E-state index < -0.39 is 12.6 Å². The molecule has 0 aliphatic heterocycles. The summed E-state index contributed by atoms with van der Waals surface area (Å²) in [5, 5.41) is 0.223. The topological polar surface area (TPSA) is 35.5 Å². The first-order chi connectivity index (χ1) is 8.49. The Kier molecular flexibility index (Phi) is 5.81. The van der Waals surface area contributed by atoms with Crippen molar-refractivity contribution in [1.82, 2.24) is 0 Å². The molecule has 1 aromatic carbocycles. The number of rotatable bonds is 5. The van der Waals surface area contributed by atoms with Gasteiger partial charge in [0.1, 0.15) is 5.75 Å². The average molecular weight is 344 g/mol. The summed E-state index contributed by atoms with van der Waals surface area (Å²) in [4.78, 5) is 11.6. The van der Waals surface area contributed by atoms with Crippen molar-refractivity contribution in [2.45, 2.75) is 18.9 Å². The average Bonchev–Trinajstić information content (AvgIpc) is 2.31. The highest BCUT2D eigenvalue weighted by molar-refractivity contribution is 9.08. The molecule has 100 valence electrons. The highest BCUT2D eigenvalue weighted by atomic mass is 79.9. The fourth-order valence-electron chi connectivity index (χ4n) is 1.29. The lowest BCUT2D eigenvalue weighted by Gasteiger charge is -2.12. The Hall–Kier alpha value is -0.880. The van der Waals surface area contributed by atoms with Crippen LogP contribution in [0.4, 0.5) is 8.78 Å². The summed E-state index contributed by atoms with van der Waals surface area (Å²) in [6, 6.07) is 2.54. The van der Waals surface area contributed by atoms with Gasteiger partial charge in [-0.2, -0.15) is 8.78 Å². The second-order valence-corrected chi connectivity index (χ2v) is 4.14. The minimum absolute atomic E-state index is 0.0666. The Labute approximate surface area is 116 Å². The van der Waals surface area contributed by atoms with Crippen LogP contribution < -0.4 is 4.74 Å². The van der Waals surface area contributed by atoms with Gasteiger partial charge in [0.05, 0.1) is 17.2 Å². The number of alkyl halides is 3. The molecule has 1 aromatic rings. The van der Waals surface area contributed by atoms with Crippen LogP contribution in [0.1, 0.15) is 22.8 Å². The van der Waals surface area contributed by atoms with Crippen molar-refractivity contribution in [1.29, 1.82) is 0 Å². The van der Waals surface area contributed by atoms with Crippen molar-refractivity contribution in [2.75, 3.05) is 6.61 Å². The number of esters is 1. The van der Waals surface area contributed by atoms with Crippen molar-refractivity contribution in [3.8, 4) is 5.75 Å². The maximum atomic E-state index is 12.1. The van der Waals surface area contributed by atoms with Gasteiger partial charge in [-0.25, -0.2) is 4.79 Å². The van der Waals surface area contributed by atoms with E-state index >= 15 is 0 Å². The number of halogens is 4. The largest absolute Gasteiger partial charge is 0.462 e. The van der Waals surface area contributed by atoms with Crippen molar-refractivity contribution in [3.63, 3.8) is 0 Å². The smallest absolute Gasteiger partial charge is 0.387 e. The van der Waals surface area contributed by atoms with Gasteiger partial charge in [-0.05, 0) is 24.6 Å². The third kappa shape index (κ3) is 3.81. The Morgan fingerprint density at radius 1 is 1.50 bits per heavy atom. The van der Waals surface area contributed by atoms with E-state index in [9.17, 15) is 13.6 Å². The predicted molar refractivity (Wildman–Crippen MR) is 66.7 cm³/mol. The molecule has 0 fully saturated rings. The Morgan fingerprint density at radius 3 is 2.67 bits per heavy atom. The van der Waals surface area contributed by atoms with E-state index in [-0.39, 0.29) is 28.3 Å². The maximum absolute atomic E-state index is 12.1. The van der Waals surface area contributed by atoms with Crippen LogP contribution in [0.25, 0.3) is 0 Å². The van der Waals surface area contributed by atoms with E-state index in [1.165, 1.54) is 12.1 Å². The van der Waals surface area contributed by atoms with E-state index in [2.05, 4.69) is 20.7 Å². The molecule has 3 nitrogen and oxygen atoms in total. The van der Waals surface area contributed by atoms with Crippen LogP contribution >= 0.6 is 27.5 Å². The number of hydrogen-bond donors (Lipinski definition) is 0. The molecule has 0 radical (unpaired) electrons. The molecule has 0 bridgehead atoms. The monoisotopic (exact) mass is 342 g/mol. The van der Waals surface area contributed by atoms with Gasteiger partial charge in [0.25, 0.3) is 0 Å². The van der Waals surface area contributed by atoms with Crippen LogP contribution in [0, 0.1) is 0 Å². The van der Waals surface area contributed by atoms with Gasteiger partial charge in [0.15, 0.2) is 0 Å². The van der Waals surface area contributed by atoms with Gasteiger partial charge >= 0.3 is 12.6 Å². The minimum Gasteiger partial charge on any atom is -0.462 e. The molecule has 0 atom stereocenters. The third-order valence-electron chi connectivity index (χ3n) is 2.01. The second kappa shape index (κ2) is 6.89. The highest BCUT2D eigenvalue weighted by Gasteiger charge is 2.17. The fraction of sp³-hybridized carbons (Fsp3) is 0.364. The summed E-state index contributed by atoms with van der Waals surface area (Å²) in [6.07, 6.45) is 0. The fourth-order valence-corrected chi connectivity index (χ4v) is 1.96. The first-order valence-electron chi connectivity index (χ1n) is 4.99. The van der Waals surface area contributed by atoms with Gasteiger partial charge in [0.2, 0.25) is 0 Å². The quantitative estimate of drug-likeness (QED) is 0.598. The molecule has 0 saturated carbocycles. The predicted octanol–water partition coefficient (Wildman–Crippen LogP) is 4.01. The molecule has 0 aliphatic rings. The lowest BCUT2D eigenvalue weighted by molar-refractivity contribution is -0.0498. The van der Waals surface area contributed by atoms with Gasteiger partial charge in [-0.15, -0.1) is 0 Å². The Bertz CT molecular complexity index is 441. The number of carbonyl (C=O) groups excluding carboxylic acids is 1. The van der Waals surface area contributed by atoms with E-state index in [4.69, 9.17) is 16.3 Å². The summed E-state index contributed by atoms with van der Waals surface area (Å²) in [5.41, 5.74) is 0.689. The summed E-state index contributed by atoms with van der Waals surface area (Å²) in [6.45, 7) is -1.09. The van der Waals surface area contributed by atoms with Crippen LogP contribution in [0.15, 0.2) is 12.1 Å².